The topological polar surface area (TPSA) is 111 Å². The third-order valence-electron chi connectivity index (χ3n) is 5.25. The van der Waals surface area contributed by atoms with E-state index in [0.29, 0.717) is 56.3 Å². The van der Waals surface area contributed by atoms with Crippen LogP contribution >= 0.6 is 0 Å². The number of fused-ring (bicyclic) bond motifs is 1. The van der Waals surface area contributed by atoms with Gasteiger partial charge in [0.1, 0.15) is 5.82 Å². The molecule has 0 saturated carbocycles. The summed E-state index contributed by atoms with van der Waals surface area (Å²) in [4.78, 5) is 44.4. The summed E-state index contributed by atoms with van der Waals surface area (Å²) >= 11 is 0. The molecule has 9 heteroatoms. The smallest absolute Gasteiger partial charge is 0.330 e. The largest absolute Gasteiger partial charge is 0.382 e. The highest BCUT2D eigenvalue weighted by Crippen LogP contribution is 2.15. The fourth-order valence-electron chi connectivity index (χ4n) is 3.55. The molecule has 0 aromatic carbocycles. The number of unbranched alkanes of at least 4 members (excludes halogenated alkanes) is 3. The quantitative estimate of drug-likeness (QED) is 0.417. The van der Waals surface area contributed by atoms with E-state index in [1.54, 1.807) is 4.57 Å². The lowest BCUT2D eigenvalue weighted by Crippen LogP contribution is -2.31. The lowest BCUT2D eigenvalue weighted by Gasteiger charge is -2.09. The van der Waals surface area contributed by atoms with Gasteiger partial charge in [-0.15, -0.1) is 0 Å². The Bertz CT molecular complexity index is 944. The van der Waals surface area contributed by atoms with Gasteiger partial charge in [-0.3, -0.25) is 19.1 Å². The summed E-state index contributed by atoms with van der Waals surface area (Å²) in [7, 11) is 0. The summed E-state index contributed by atoms with van der Waals surface area (Å²) in [6.07, 6.45) is 6.23. The van der Waals surface area contributed by atoms with Crippen molar-refractivity contribution in [3.05, 3.63) is 26.7 Å². The van der Waals surface area contributed by atoms with Crippen molar-refractivity contribution < 1.29 is 9.53 Å². The summed E-state index contributed by atoms with van der Waals surface area (Å²) in [6, 6.07) is 0. The number of ether oxygens (including phenoxy) is 1. The first-order valence-corrected chi connectivity index (χ1v) is 11.6. The number of hydrogen-bond acceptors (Lipinski definition) is 5. The highest BCUT2D eigenvalue weighted by atomic mass is 16.5. The minimum atomic E-state index is -0.428. The van der Waals surface area contributed by atoms with Gasteiger partial charge in [0.15, 0.2) is 11.2 Å². The van der Waals surface area contributed by atoms with Gasteiger partial charge in [0.2, 0.25) is 5.91 Å². The number of amides is 1. The molecule has 0 spiro atoms. The molecule has 0 aliphatic heterocycles. The number of aromatic nitrogens is 4. The van der Waals surface area contributed by atoms with E-state index in [0.717, 1.165) is 38.5 Å². The summed E-state index contributed by atoms with van der Waals surface area (Å²) in [6.45, 7) is 9.14. The van der Waals surface area contributed by atoms with Crippen LogP contribution in [-0.2, 0) is 29.0 Å². The highest BCUT2D eigenvalue weighted by molar-refractivity contribution is 5.76. The maximum absolute atomic E-state index is 12.6. The van der Waals surface area contributed by atoms with Crippen molar-refractivity contribution >= 4 is 17.1 Å². The van der Waals surface area contributed by atoms with E-state index in [4.69, 9.17) is 4.74 Å². The normalized spacial score (nSPS) is 11.3. The van der Waals surface area contributed by atoms with E-state index in [-0.39, 0.29) is 12.3 Å². The number of carbonyl (C=O) groups is 1. The van der Waals surface area contributed by atoms with Crippen LogP contribution in [0.2, 0.25) is 0 Å². The van der Waals surface area contributed by atoms with E-state index in [2.05, 4.69) is 29.1 Å². The fraction of sp³-hybridized carbons (Fsp3) is 0.727. The van der Waals surface area contributed by atoms with Crippen molar-refractivity contribution in [1.82, 2.24) is 24.4 Å². The molecule has 2 N–H and O–H groups in total. The van der Waals surface area contributed by atoms with Gasteiger partial charge < -0.3 is 14.6 Å². The maximum Gasteiger partial charge on any atom is 0.330 e. The van der Waals surface area contributed by atoms with Crippen LogP contribution in [0.1, 0.15) is 71.5 Å². The first-order chi connectivity index (χ1) is 15.0. The van der Waals surface area contributed by atoms with Crippen molar-refractivity contribution in [1.29, 1.82) is 0 Å². The van der Waals surface area contributed by atoms with Gasteiger partial charge in [-0.1, -0.05) is 33.1 Å². The van der Waals surface area contributed by atoms with Crippen molar-refractivity contribution in [2.24, 2.45) is 0 Å². The van der Waals surface area contributed by atoms with Crippen molar-refractivity contribution in [2.75, 3.05) is 19.8 Å². The lowest BCUT2D eigenvalue weighted by molar-refractivity contribution is -0.121. The summed E-state index contributed by atoms with van der Waals surface area (Å²) in [5, 5.41) is 2.90. The molecule has 174 valence electrons. The minimum Gasteiger partial charge on any atom is -0.382 e. The molecule has 2 heterocycles. The average Bonchev–Trinajstić information content (AvgIpc) is 3.11. The zero-order valence-electron chi connectivity index (χ0n) is 19.2. The van der Waals surface area contributed by atoms with Crippen molar-refractivity contribution in [2.45, 2.75) is 85.2 Å². The van der Waals surface area contributed by atoms with Crippen LogP contribution in [0.15, 0.2) is 9.59 Å². The molecule has 0 fully saturated rings. The van der Waals surface area contributed by atoms with Crippen LogP contribution in [0.25, 0.3) is 11.2 Å². The van der Waals surface area contributed by atoms with Crippen LogP contribution in [-0.4, -0.2) is 44.8 Å². The third kappa shape index (κ3) is 7.05. The van der Waals surface area contributed by atoms with Gasteiger partial charge in [0, 0.05) is 45.7 Å². The number of carbonyl (C=O) groups excluding carboxylic acids is 1. The number of nitrogens with zero attached hydrogens (tertiary/aromatic N) is 3. The van der Waals surface area contributed by atoms with Gasteiger partial charge in [0.25, 0.3) is 5.56 Å². The molecule has 0 unspecified atom stereocenters. The Kier molecular flexibility index (Phi) is 10.5. The molecule has 2 aromatic heterocycles. The van der Waals surface area contributed by atoms with E-state index >= 15 is 0 Å². The third-order valence-corrected chi connectivity index (χ3v) is 5.25. The van der Waals surface area contributed by atoms with Crippen LogP contribution < -0.4 is 16.6 Å². The highest BCUT2D eigenvalue weighted by Gasteiger charge is 2.19. The molecular weight excluding hydrogens is 398 g/mol. The van der Waals surface area contributed by atoms with Gasteiger partial charge in [-0.2, -0.15) is 0 Å². The summed E-state index contributed by atoms with van der Waals surface area (Å²) in [5.41, 5.74) is 0.0101. The zero-order chi connectivity index (χ0) is 22.6. The molecule has 2 aromatic rings. The van der Waals surface area contributed by atoms with Crippen LogP contribution in [0.5, 0.6) is 0 Å². The molecule has 0 aliphatic carbocycles. The van der Waals surface area contributed by atoms with Gasteiger partial charge >= 0.3 is 5.69 Å². The first kappa shape index (κ1) is 24.8. The average molecular weight is 436 g/mol. The number of nitrogens with one attached hydrogen (secondary N) is 2. The second kappa shape index (κ2) is 13.1. The Morgan fingerprint density at radius 3 is 2.48 bits per heavy atom. The van der Waals surface area contributed by atoms with Crippen LogP contribution in [0, 0.1) is 0 Å². The molecule has 0 atom stereocenters. The van der Waals surface area contributed by atoms with E-state index in [1.807, 2.05) is 11.5 Å². The molecule has 0 aliphatic rings. The van der Waals surface area contributed by atoms with Gasteiger partial charge in [-0.05, 0) is 26.2 Å². The van der Waals surface area contributed by atoms with Gasteiger partial charge in [0.05, 0.1) is 0 Å². The molecule has 9 nitrogen and oxygen atoms in total. The molecule has 31 heavy (non-hydrogen) atoms. The lowest BCUT2D eigenvalue weighted by atomic mass is 10.2. The number of aromatic amines is 1. The SMILES string of the molecule is CCCCCn1c(CCC(=O)NCCCOCC)nc2c1c(=O)[nH]c(=O)n2CCCC. The first-order valence-electron chi connectivity index (χ1n) is 11.6. The minimum absolute atomic E-state index is 0.0547. The standard InChI is InChI=1S/C22H37N5O4/c1-4-7-9-15-26-17(11-12-18(28)23-13-10-16-31-6-3)24-20-19(26)21(29)25-22(30)27(20)14-8-5-2/h4-16H2,1-3H3,(H,23,28)(H,25,29,30). The van der Waals surface area contributed by atoms with Crippen LogP contribution in [0.3, 0.4) is 0 Å². The number of imidazole rings is 1. The molecule has 0 saturated heterocycles. The molecule has 1 amide bonds. The number of hydrogen-bond donors (Lipinski definition) is 2. The number of rotatable bonds is 15. The van der Waals surface area contributed by atoms with Crippen LogP contribution in [0.4, 0.5) is 0 Å². The van der Waals surface area contributed by atoms with E-state index < -0.39 is 11.2 Å². The second-order valence-electron chi connectivity index (χ2n) is 7.72. The predicted molar refractivity (Wildman–Crippen MR) is 121 cm³/mol. The molecule has 2 rings (SSSR count). The second-order valence-corrected chi connectivity index (χ2v) is 7.72. The Morgan fingerprint density at radius 1 is 1.03 bits per heavy atom. The molecule has 0 bridgehead atoms. The maximum atomic E-state index is 12.6. The van der Waals surface area contributed by atoms with E-state index in [1.165, 1.54) is 0 Å². The van der Waals surface area contributed by atoms with Gasteiger partial charge in [-0.25, -0.2) is 9.78 Å². The summed E-state index contributed by atoms with van der Waals surface area (Å²) < 4.78 is 8.72. The fourth-order valence-corrected chi connectivity index (χ4v) is 3.55. The monoisotopic (exact) mass is 435 g/mol. The zero-order valence-corrected chi connectivity index (χ0v) is 19.2. The predicted octanol–water partition coefficient (Wildman–Crippen LogP) is 2.35. The van der Waals surface area contributed by atoms with E-state index in [9.17, 15) is 14.4 Å². The van der Waals surface area contributed by atoms with Crippen molar-refractivity contribution in [3.63, 3.8) is 0 Å². The Balaban J connectivity index is 2.24. The number of aryl methyl sites for hydroxylation is 3. The van der Waals surface area contributed by atoms with Crippen molar-refractivity contribution in [3.8, 4) is 0 Å². The Hall–Kier alpha value is -2.42. The molecular formula is C22H37N5O4. The molecule has 0 radical (unpaired) electrons. The number of H-pyrrole nitrogens is 1. The summed E-state index contributed by atoms with van der Waals surface area (Å²) in [5.74, 6) is 0.623. The Morgan fingerprint density at radius 2 is 1.77 bits per heavy atom. The Labute approximate surface area is 183 Å².